The minimum atomic E-state index is -0.461. The summed E-state index contributed by atoms with van der Waals surface area (Å²) in [6.07, 6.45) is 2.10. The summed E-state index contributed by atoms with van der Waals surface area (Å²) in [4.78, 5) is 17.6. The maximum atomic E-state index is 11.9. The van der Waals surface area contributed by atoms with E-state index in [0.29, 0.717) is 12.5 Å². The SMILES string of the molecule is Cc1nc(C)c(C(C)NC(CNC(=O)OC(C)(C)C)C2CC2)s1. The van der Waals surface area contributed by atoms with Crippen LogP contribution in [0.1, 0.15) is 62.2 Å². The summed E-state index contributed by atoms with van der Waals surface area (Å²) in [7, 11) is 0. The first-order valence-corrected chi connectivity index (χ1v) is 9.14. The van der Waals surface area contributed by atoms with Crippen molar-refractivity contribution in [1.82, 2.24) is 15.6 Å². The van der Waals surface area contributed by atoms with E-state index < -0.39 is 5.60 Å². The molecule has 6 heteroatoms. The Kier molecular flexibility index (Phi) is 5.68. The van der Waals surface area contributed by atoms with E-state index in [-0.39, 0.29) is 18.2 Å². The molecule has 1 heterocycles. The summed E-state index contributed by atoms with van der Waals surface area (Å²) in [6, 6.07) is 0.520. The van der Waals surface area contributed by atoms with Gasteiger partial charge in [-0.05, 0) is 60.3 Å². The van der Waals surface area contributed by atoms with Crippen LogP contribution in [0.4, 0.5) is 4.79 Å². The molecule has 0 aromatic carbocycles. The molecule has 130 valence electrons. The first-order valence-electron chi connectivity index (χ1n) is 8.32. The molecule has 2 N–H and O–H groups in total. The van der Waals surface area contributed by atoms with Crippen molar-refractivity contribution in [3.63, 3.8) is 0 Å². The Morgan fingerprint density at radius 3 is 2.52 bits per heavy atom. The summed E-state index contributed by atoms with van der Waals surface area (Å²) in [5.41, 5.74) is 0.638. The molecule has 1 fully saturated rings. The molecular formula is C17H29N3O2S. The largest absolute Gasteiger partial charge is 0.444 e. The van der Waals surface area contributed by atoms with Crippen LogP contribution in [0.25, 0.3) is 0 Å². The molecule has 2 atom stereocenters. The number of nitrogens with one attached hydrogen (secondary N) is 2. The van der Waals surface area contributed by atoms with E-state index in [9.17, 15) is 4.79 Å². The maximum Gasteiger partial charge on any atom is 0.407 e. The average Bonchev–Trinajstić information content (AvgIpc) is 3.17. The number of ether oxygens (including phenoxy) is 1. The number of aromatic nitrogens is 1. The number of carbonyl (C=O) groups excluding carboxylic acids is 1. The van der Waals surface area contributed by atoms with Crippen molar-refractivity contribution in [3.05, 3.63) is 15.6 Å². The van der Waals surface area contributed by atoms with E-state index in [4.69, 9.17) is 4.74 Å². The Morgan fingerprint density at radius 2 is 2.04 bits per heavy atom. The van der Waals surface area contributed by atoms with Gasteiger partial charge >= 0.3 is 6.09 Å². The second-order valence-corrected chi connectivity index (χ2v) is 8.63. The second kappa shape index (κ2) is 7.18. The predicted molar refractivity (Wildman–Crippen MR) is 93.9 cm³/mol. The predicted octanol–water partition coefficient (Wildman–Crippen LogP) is 3.71. The molecule has 1 amide bonds. The number of hydrogen-bond acceptors (Lipinski definition) is 5. The maximum absolute atomic E-state index is 11.9. The molecular weight excluding hydrogens is 310 g/mol. The fourth-order valence-electron chi connectivity index (χ4n) is 2.71. The average molecular weight is 340 g/mol. The van der Waals surface area contributed by atoms with Crippen LogP contribution in [-0.4, -0.2) is 29.3 Å². The van der Waals surface area contributed by atoms with Gasteiger partial charge in [-0.15, -0.1) is 11.3 Å². The first kappa shape index (κ1) is 18.2. The third-order valence-corrected chi connectivity index (χ3v) is 5.11. The van der Waals surface area contributed by atoms with Crippen molar-refractivity contribution in [2.24, 2.45) is 5.92 Å². The topological polar surface area (TPSA) is 63.2 Å². The molecule has 2 unspecified atom stereocenters. The highest BCUT2D eigenvalue weighted by atomic mass is 32.1. The summed E-state index contributed by atoms with van der Waals surface area (Å²) in [6.45, 7) is 12.5. The van der Waals surface area contributed by atoms with Crippen LogP contribution in [0, 0.1) is 19.8 Å². The molecule has 1 aliphatic carbocycles. The Bertz CT molecular complexity index is 547. The highest BCUT2D eigenvalue weighted by molar-refractivity contribution is 7.11. The molecule has 1 aromatic heterocycles. The van der Waals surface area contributed by atoms with Crippen LogP contribution in [0.15, 0.2) is 0 Å². The van der Waals surface area contributed by atoms with Gasteiger partial charge in [-0.1, -0.05) is 0 Å². The summed E-state index contributed by atoms with van der Waals surface area (Å²) < 4.78 is 5.31. The van der Waals surface area contributed by atoms with Crippen LogP contribution in [0.5, 0.6) is 0 Å². The quantitative estimate of drug-likeness (QED) is 0.829. The molecule has 2 rings (SSSR count). The highest BCUT2D eigenvalue weighted by Crippen LogP contribution is 2.34. The molecule has 0 radical (unpaired) electrons. The van der Waals surface area contributed by atoms with Gasteiger partial charge in [0, 0.05) is 23.5 Å². The van der Waals surface area contributed by atoms with Gasteiger partial charge < -0.3 is 15.4 Å². The van der Waals surface area contributed by atoms with E-state index in [1.165, 1.54) is 17.7 Å². The van der Waals surface area contributed by atoms with Crippen molar-refractivity contribution >= 4 is 17.4 Å². The van der Waals surface area contributed by atoms with E-state index >= 15 is 0 Å². The number of amides is 1. The second-order valence-electron chi connectivity index (χ2n) is 7.40. The molecule has 1 aromatic rings. The van der Waals surface area contributed by atoms with Crippen LogP contribution in [-0.2, 0) is 4.74 Å². The molecule has 1 saturated carbocycles. The fraction of sp³-hybridized carbons (Fsp3) is 0.765. The van der Waals surface area contributed by atoms with Crippen LogP contribution in [0.3, 0.4) is 0 Å². The van der Waals surface area contributed by atoms with Gasteiger partial charge in [-0.25, -0.2) is 9.78 Å². The number of thiazole rings is 1. The number of hydrogen-bond donors (Lipinski definition) is 2. The fourth-order valence-corrected chi connectivity index (χ4v) is 3.65. The highest BCUT2D eigenvalue weighted by Gasteiger charge is 2.33. The Labute approximate surface area is 143 Å². The van der Waals surface area contributed by atoms with Crippen molar-refractivity contribution in [1.29, 1.82) is 0 Å². The Hall–Kier alpha value is -1.14. The molecule has 0 bridgehead atoms. The number of alkyl carbamates (subject to hydrolysis) is 1. The van der Waals surface area contributed by atoms with Crippen LogP contribution < -0.4 is 10.6 Å². The zero-order valence-electron chi connectivity index (χ0n) is 15.0. The number of carbonyl (C=O) groups is 1. The van der Waals surface area contributed by atoms with Crippen molar-refractivity contribution in [3.8, 4) is 0 Å². The van der Waals surface area contributed by atoms with Gasteiger partial charge in [0.15, 0.2) is 0 Å². The zero-order chi connectivity index (χ0) is 17.2. The van der Waals surface area contributed by atoms with E-state index in [1.807, 2.05) is 27.7 Å². The standard InChI is InChI=1S/C17H29N3O2S/c1-10-15(23-12(3)19-10)11(2)20-14(13-7-8-13)9-18-16(21)22-17(4,5)6/h11,13-14,20H,7-9H2,1-6H3,(H,18,21). The van der Waals surface area contributed by atoms with Gasteiger partial charge in [-0.2, -0.15) is 0 Å². The van der Waals surface area contributed by atoms with E-state index in [0.717, 1.165) is 10.7 Å². The minimum absolute atomic E-state index is 0.243. The number of nitrogens with zero attached hydrogens (tertiary/aromatic N) is 1. The monoisotopic (exact) mass is 339 g/mol. The first-order chi connectivity index (χ1) is 10.7. The minimum Gasteiger partial charge on any atom is -0.444 e. The summed E-state index contributed by atoms with van der Waals surface area (Å²) in [5.74, 6) is 0.640. The van der Waals surface area contributed by atoms with E-state index in [2.05, 4.69) is 29.5 Å². The summed E-state index contributed by atoms with van der Waals surface area (Å²) >= 11 is 1.74. The molecule has 1 aliphatic rings. The smallest absolute Gasteiger partial charge is 0.407 e. The third kappa shape index (κ3) is 5.77. The molecule has 0 spiro atoms. The molecule has 5 nitrogen and oxygen atoms in total. The van der Waals surface area contributed by atoms with Gasteiger partial charge in [0.2, 0.25) is 0 Å². The zero-order valence-corrected chi connectivity index (χ0v) is 15.8. The van der Waals surface area contributed by atoms with Crippen molar-refractivity contribution in [2.45, 2.75) is 72.1 Å². The number of rotatable bonds is 6. The molecule has 0 saturated heterocycles. The van der Waals surface area contributed by atoms with Crippen LogP contribution >= 0.6 is 11.3 Å². The number of aryl methyl sites for hydroxylation is 2. The lowest BCUT2D eigenvalue weighted by atomic mass is 10.1. The normalized spacial score (nSPS) is 17.7. The Morgan fingerprint density at radius 1 is 1.39 bits per heavy atom. The van der Waals surface area contributed by atoms with Gasteiger partial charge in [0.25, 0.3) is 0 Å². The van der Waals surface area contributed by atoms with Crippen LogP contribution in [0.2, 0.25) is 0 Å². The van der Waals surface area contributed by atoms with E-state index in [1.54, 1.807) is 11.3 Å². The van der Waals surface area contributed by atoms with Gasteiger partial charge in [-0.3, -0.25) is 0 Å². The Balaban J connectivity index is 1.89. The van der Waals surface area contributed by atoms with Crippen molar-refractivity contribution < 1.29 is 9.53 Å². The lowest BCUT2D eigenvalue weighted by Crippen LogP contribution is -2.44. The lowest BCUT2D eigenvalue weighted by Gasteiger charge is -2.25. The third-order valence-electron chi connectivity index (χ3n) is 3.85. The van der Waals surface area contributed by atoms with Gasteiger partial charge in [0.05, 0.1) is 10.7 Å². The summed E-state index contributed by atoms with van der Waals surface area (Å²) in [5, 5.41) is 7.67. The van der Waals surface area contributed by atoms with Gasteiger partial charge in [0.1, 0.15) is 5.60 Å². The van der Waals surface area contributed by atoms with Crippen molar-refractivity contribution in [2.75, 3.05) is 6.54 Å². The molecule has 23 heavy (non-hydrogen) atoms. The molecule has 0 aliphatic heterocycles. The lowest BCUT2D eigenvalue weighted by molar-refractivity contribution is 0.0520.